The third-order valence-corrected chi connectivity index (χ3v) is 4.00. The molecule has 3 nitrogen and oxygen atoms in total. The Balaban J connectivity index is 0.00000180. The van der Waals surface area contributed by atoms with Crippen molar-refractivity contribution in [2.24, 2.45) is 0 Å². The largest absolute Gasteiger partial charge is 0.396 e. The Kier molecular flexibility index (Phi) is 7.25. The van der Waals surface area contributed by atoms with Gasteiger partial charge in [0.2, 0.25) is 0 Å². The van der Waals surface area contributed by atoms with Crippen LogP contribution in [0.4, 0.5) is 4.39 Å². The van der Waals surface area contributed by atoms with Crippen LogP contribution in [0.1, 0.15) is 18.0 Å². The van der Waals surface area contributed by atoms with Crippen molar-refractivity contribution in [2.75, 3.05) is 32.8 Å². The number of hydrogen-bond acceptors (Lipinski definition) is 3. The monoisotopic (exact) mass is 352 g/mol. The fraction of sp³-hybridized carbons (Fsp3) is 0.538. The van der Waals surface area contributed by atoms with E-state index in [1.807, 2.05) is 6.07 Å². The molecule has 0 aromatic heterocycles. The van der Waals surface area contributed by atoms with Crippen LogP contribution < -0.4 is 5.32 Å². The summed E-state index contributed by atoms with van der Waals surface area (Å²) in [5.41, 5.74) is 1.05. The van der Waals surface area contributed by atoms with E-state index in [1.165, 1.54) is 12.1 Å². The van der Waals surface area contributed by atoms with E-state index in [1.54, 1.807) is 0 Å². The summed E-state index contributed by atoms with van der Waals surface area (Å²) in [6.45, 7) is 3.96. The van der Waals surface area contributed by atoms with E-state index in [0.717, 1.165) is 36.2 Å². The molecule has 1 atom stereocenters. The highest BCUT2D eigenvalue weighted by Crippen LogP contribution is 2.31. The molecule has 0 bridgehead atoms. The van der Waals surface area contributed by atoms with Gasteiger partial charge in [-0.1, -0.05) is 22.0 Å². The average molecular weight is 354 g/mol. The van der Waals surface area contributed by atoms with Crippen LogP contribution in [0.25, 0.3) is 0 Å². The Morgan fingerprint density at radius 1 is 1.37 bits per heavy atom. The van der Waals surface area contributed by atoms with Crippen molar-refractivity contribution in [2.45, 2.75) is 12.5 Å². The second-order valence-electron chi connectivity index (χ2n) is 4.48. The summed E-state index contributed by atoms with van der Waals surface area (Å²) >= 11 is 3.42. The van der Waals surface area contributed by atoms with Gasteiger partial charge in [-0.15, -0.1) is 12.4 Å². The first-order chi connectivity index (χ1) is 8.72. The standard InChI is InChI=1S/C13H18BrFN2O.ClH/c14-12-9-10(15)1-2-11(12)13(3-8-18)17-6-4-16-5-7-17;/h1-2,9,13,16,18H,3-8H2;1H/t13-;/m0./s1. The minimum absolute atomic E-state index is 0. The zero-order chi connectivity index (χ0) is 13.0. The normalized spacial score (nSPS) is 17.8. The molecule has 0 unspecified atom stereocenters. The molecule has 0 saturated carbocycles. The van der Waals surface area contributed by atoms with Crippen LogP contribution in [-0.4, -0.2) is 42.8 Å². The minimum Gasteiger partial charge on any atom is -0.396 e. The lowest BCUT2D eigenvalue weighted by molar-refractivity contribution is 0.140. The van der Waals surface area contributed by atoms with E-state index in [9.17, 15) is 9.50 Å². The predicted molar refractivity (Wildman–Crippen MR) is 80.2 cm³/mol. The third-order valence-electron chi connectivity index (χ3n) is 3.32. The van der Waals surface area contributed by atoms with E-state index in [2.05, 4.69) is 26.1 Å². The molecule has 1 heterocycles. The highest BCUT2D eigenvalue weighted by Gasteiger charge is 2.23. The summed E-state index contributed by atoms with van der Waals surface area (Å²) in [6, 6.07) is 4.92. The average Bonchev–Trinajstić information content (AvgIpc) is 2.38. The lowest BCUT2D eigenvalue weighted by Gasteiger charge is -2.35. The Morgan fingerprint density at radius 2 is 2.05 bits per heavy atom. The van der Waals surface area contributed by atoms with Crippen LogP contribution in [0.2, 0.25) is 0 Å². The topological polar surface area (TPSA) is 35.5 Å². The first-order valence-corrected chi connectivity index (χ1v) is 7.02. The van der Waals surface area contributed by atoms with Gasteiger partial charge in [0.05, 0.1) is 0 Å². The molecule has 19 heavy (non-hydrogen) atoms. The molecule has 1 aliphatic rings. The number of aliphatic hydroxyl groups excluding tert-OH is 1. The van der Waals surface area contributed by atoms with Crippen molar-refractivity contribution in [1.29, 1.82) is 0 Å². The van der Waals surface area contributed by atoms with Gasteiger partial charge >= 0.3 is 0 Å². The van der Waals surface area contributed by atoms with Crippen LogP contribution in [0.15, 0.2) is 22.7 Å². The summed E-state index contributed by atoms with van der Waals surface area (Å²) in [6.07, 6.45) is 0.671. The maximum atomic E-state index is 13.1. The van der Waals surface area contributed by atoms with Gasteiger partial charge in [0.25, 0.3) is 0 Å². The zero-order valence-corrected chi connectivity index (χ0v) is 13.0. The van der Waals surface area contributed by atoms with Crippen LogP contribution in [0.3, 0.4) is 0 Å². The Morgan fingerprint density at radius 3 is 2.63 bits per heavy atom. The van der Waals surface area contributed by atoms with Crippen molar-refractivity contribution < 1.29 is 9.50 Å². The summed E-state index contributed by atoms with van der Waals surface area (Å²) in [5, 5.41) is 12.6. The van der Waals surface area contributed by atoms with E-state index >= 15 is 0 Å². The molecule has 0 radical (unpaired) electrons. The van der Waals surface area contributed by atoms with Crippen molar-refractivity contribution >= 4 is 28.3 Å². The molecule has 108 valence electrons. The Labute approximate surface area is 127 Å². The van der Waals surface area contributed by atoms with Gasteiger partial charge < -0.3 is 10.4 Å². The maximum Gasteiger partial charge on any atom is 0.124 e. The first-order valence-electron chi connectivity index (χ1n) is 6.23. The van der Waals surface area contributed by atoms with Crippen molar-refractivity contribution in [3.8, 4) is 0 Å². The molecule has 1 aromatic rings. The second kappa shape index (κ2) is 8.17. The molecular weight excluding hydrogens is 335 g/mol. The predicted octanol–water partition coefficient (Wildman–Crippen LogP) is 2.34. The quantitative estimate of drug-likeness (QED) is 0.872. The van der Waals surface area contributed by atoms with Gasteiger partial charge in [-0.2, -0.15) is 0 Å². The number of rotatable bonds is 4. The lowest BCUT2D eigenvalue weighted by atomic mass is 10.0. The number of benzene rings is 1. The number of halogens is 3. The fourth-order valence-electron chi connectivity index (χ4n) is 2.42. The highest BCUT2D eigenvalue weighted by atomic mass is 79.9. The molecule has 0 spiro atoms. The fourth-order valence-corrected chi connectivity index (χ4v) is 3.04. The van der Waals surface area contributed by atoms with Crippen molar-refractivity contribution in [3.63, 3.8) is 0 Å². The summed E-state index contributed by atoms with van der Waals surface area (Å²) in [5.74, 6) is -0.242. The van der Waals surface area contributed by atoms with Crippen LogP contribution in [0, 0.1) is 5.82 Å². The van der Waals surface area contributed by atoms with Gasteiger partial charge in [-0.3, -0.25) is 4.90 Å². The van der Waals surface area contributed by atoms with Gasteiger partial charge in [-0.05, 0) is 24.1 Å². The number of nitrogens with zero attached hydrogens (tertiary/aromatic N) is 1. The Bertz CT molecular complexity index is 402. The van der Waals surface area contributed by atoms with Gasteiger partial charge in [0.1, 0.15) is 5.82 Å². The van der Waals surface area contributed by atoms with E-state index in [0.29, 0.717) is 6.42 Å². The van der Waals surface area contributed by atoms with Crippen molar-refractivity contribution in [1.82, 2.24) is 10.2 Å². The van der Waals surface area contributed by atoms with Crippen LogP contribution >= 0.6 is 28.3 Å². The molecule has 1 aromatic carbocycles. The molecule has 2 N–H and O–H groups in total. The van der Waals surface area contributed by atoms with E-state index < -0.39 is 0 Å². The molecular formula is C13H19BrClFN2O. The Hall–Kier alpha value is -0.200. The molecule has 6 heteroatoms. The molecule has 1 saturated heterocycles. The minimum atomic E-state index is -0.242. The smallest absolute Gasteiger partial charge is 0.124 e. The van der Waals surface area contributed by atoms with Gasteiger partial charge in [-0.25, -0.2) is 4.39 Å². The highest BCUT2D eigenvalue weighted by molar-refractivity contribution is 9.10. The molecule has 1 aliphatic heterocycles. The number of piperazine rings is 1. The van der Waals surface area contributed by atoms with Crippen LogP contribution in [-0.2, 0) is 0 Å². The zero-order valence-electron chi connectivity index (χ0n) is 10.6. The second-order valence-corrected chi connectivity index (χ2v) is 5.33. The number of hydrogen-bond donors (Lipinski definition) is 2. The SMILES string of the molecule is Cl.OCC[C@@H](c1ccc(F)cc1Br)N1CCNCC1. The third kappa shape index (κ3) is 4.39. The number of nitrogens with one attached hydrogen (secondary N) is 1. The summed E-state index contributed by atoms with van der Waals surface area (Å²) in [7, 11) is 0. The summed E-state index contributed by atoms with van der Waals surface area (Å²) < 4.78 is 13.9. The molecule has 1 fully saturated rings. The summed E-state index contributed by atoms with van der Waals surface area (Å²) in [4.78, 5) is 2.34. The van der Waals surface area contributed by atoms with Crippen LogP contribution in [0.5, 0.6) is 0 Å². The van der Waals surface area contributed by atoms with E-state index in [-0.39, 0.29) is 30.9 Å². The molecule has 2 rings (SSSR count). The van der Waals surface area contributed by atoms with Gasteiger partial charge in [0, 0.05) is 43.3 Å². The molecule has 0 amide bonds. The van der Waals surface area contributed by atoms with Crippen molar-refractivity contribution in [3.05, 3.63) is 34.1 Å². The first kappa shape index (κ1) is 16.9. The maximum absolute atomic E-state index is 13.1. The van der Waals surface area contributed by atoms with E-state index in [4.69, 9.17) is 0 Å². The lowest BCUT2D eigenvalue weighted by Crippen LogP contribution is -2.45. The number of aliphatic hydroxyl groups is 1. The molecule has 0 aliphatic carbocycles. The van der Waals surface area contributed by atoms with Gasteiger partial charge in [0.15, 0.2) is 0 Å².